The molecular formula is C11H16BrClN2O3. The first-order chi connectivity index (χ1) is 8.13. The lowest BCUT2D eigenvalue weighted by Gasteiger charge is -2.11. The molecule has 0 saturated carbocycles. The van der Waals surface area contributed by atoms with Crippen molar-refractivity contribution in [3.8, 4) is 5.75 Å². The summed E-state index contributed by atoms with van der Waals surface area (Å²) in [5, 5.41) is 11.7. The zero-order valence-electron chi connectivity index (χ0n) is 9.69. The third kappa shape index (κ3) is 6.20. The van der Waals surface area contributed by atoms with E-state index in [4.69, 9.17) is 15.6 Å². The van der Waals surface area contributed by atoms with Gasteiger partial charge in [0.2, 0.25) is 0 Å². The summed E-state index contributed by atoms with van der Waals surface area (Å²) in [5.41, 5.74) is 5.92. The maximum Gasteiger partial charge on any atom is 0.255 e. The van der Waals surface area contributed by atoms with E-state index in [2.05, 4.69) is 21.2 Å². The monoisotopic (exact) mass is 338 g/mol. The Bertz CT molecular complexity index is 391. The van der Waals surface area contributed by atoms with E-state index in [9.17, 15) is 4.79 Å². The molecule has 7 heteroatoms. The maximum atomic E-state index is 10.7. The molecular weight excluding hydrogens is 323 g/mol. The Labute approximate surface area is 120 Å². The minimum Gasteiger partial charge on any atom is -0.483 e. The third-order valence-electron chi connectivity index (χ3n) is 2.00. The Kier molecular flexibility index (Phi) is 8.74. The number of carbonyl (C=O) groups is 1. The number of aliphatic hydroxyl groups excluding tert-OH is 1. The van der Waals surface area contributed by atoms with Crippen LogP contribution in [0.4, 0.5) is 0 Å². The molecule has 5 nitrogen and oxygen atoms in total. The van der Waals surface area contributed by atoms with Gasteiger partial charge in [-0.1, -0.05) is 15.9 Å². The SMILES string of the molecule is Cl.NC(=O)COc1ccc(Br)cc1CNCCO. The second-order valence-electron chi connectivity index (χ2n) is 3.41. The summed E-state index contributed by atoms with van der Waals surface area (Å²) in [5.74, 6) is 0.0969. The van der Waals surface area contributed by atoms with Crippen LogP contribution in [0.15, 0.2) is 22.7 Å². The van der Waals surface area contributed by atoms with E-state index < -0.39 is 5.91 Å². The second-order valence-corrected chi connectivity index (χ2v) is 4.32. The van der Waals surface area contributed by atoms with Gasteiger partial charge in [-0.25, -0.2) is 0 Å². The van der Waals surface area contributed by atoms with Gasteiger partial charge in [-0.05, 0) is 18.2 Å². The van der Waals surface area contributed by atoms with Crippen molar-refractivity contribution in [3.05, 3.63) is 28.2 Å². The number of hydrogen-bond acceptors (Lipinski definition) is 4. The molecule has 1 aromatic carbocycles. The number of carbonyl (C=O) groups excluding carboxylic acids is 1. The number of hydrogen-bond donors (Lipinski definition) is 3. The Hall–Kier alpha value is -0.820. The standard InChI is InChI=1S/C11H15BrN2O3.ClH/c12-9-1-2-10(17-7-11(13)16)8(5-9)6-14-3-4-15;/h1-2,5,14-15H,3-4,6-7H2,(H2,13,16);1H. The highest BCUT2D eigenvalue weighted by atomic mass is 79.9. The zero-order valence-corrected chi connectivity index (χ0v) is 12.1. The first-order valence-corrected chi connectivity index (χ1v) is 5.94. The summed E-state index contributed by atoms with van der Waals surface area (Å²) in [4.78, 5) is 10.7. The number of ether oxygens (including phenoxy) is 1. The number of amides is 1. The number of primary amides is 1. The van der Waals surface area contributed by atoms with Crippen LogP contribution in [0.5, 0.6) is 5.75 Å². The van der Waals surface area contributed by atoms with Crippen molar-refractivity contribution in [2.24, 2.45) is 5.73 Å². The van der Waals surface area contributed by atoms with Gasteiger partial charge in [0.05, 0.1) is 6.61 Å². The third-order valence-corrected chi connectivity index (χ3v) is 2.49. The van der Waals surface area contributed by atoms with Crippen molar-refractivity contribution < 1.29 is 14.6 Å². The molecule has 0 aliphatic carbocycles. The van der Waals surface area contributed by atoms with E-state index in [1.165, 1.54) is 0 Å². The Balaban J connectivity index is 0.00000289. The van der Waals surface area contributed by atoms with Crippen LogP contribution in [0, 0.1) is 0 Å². The van der Waals surface area contributed by atoms with Gasteiger partial charge in [0.1, 0.15) is 5.75 Å². The topological polar surface area (TPSA) is 84.6 Å². The first-order valence-electron chi connectivity index (χ1n) is 5.14. The van der Waals surface area contributed by atoms with E-state index in [1.807, 2.05) is 12.1 Å². The largest absolute Gasteiger partial charge is 0.483 e. The van der Waals surface area contributed by atoms with Crippen LogP contribution in [-0.4, -0.2) is 30.8 Å². The Morgan fingerprint density at radius 1 is 1.50 bits per heavy atom. The molecule has 4 N–H and O–H groups in total. The fraction of sp³-hybridized carbons (Fsp3) is 0.364. The first kappa shape index (κ1) is 17.2. The highest BCUT2D eigenvalue weighted by Crippen LogP contribution is 2.23. The van der Waals surface area contributed by atoms with Crippen LogP contribution < -0.4 is 15.8 Å². The van der Waals surface area contributed by atoms with Gasteiger partial charge in [-0.3, -0.25) is 4.79 Å². The fourth-order valence-electron chi connectivity index (χ4n) is 1.28. The van der Waals surface area contributed by atoms with Gasteiger partial charge in [0, 0.05) is 23.1 Å². The van der Waals surface area contributed by atoms with Crippen LogP contribution >= 0.6 is 28.3 Å². The van der Waals surface area contributed by atoms with Gasteiger partial charge in [0.15, 0.2) is 6.61 Å². The molecule has 0 aliphatic heterocycles. The quantitative estimate of drug-likeness (QED) is 0.642. The van der Waals surface area contributed by atoms with Gasteiger partial charge < -0.3 is 20.9 Å². The smallest absolute Gasteiger partial charge is 0.255 e. The van der Waals surface area contributed by atoms with E-state index in [0.717, 1.165) is 10.0 Å². The predicted octanol–water partition coefficient (Wildman–Crippen LogP) is 0.817. The molecule has 0 bridgehead atoms. The average molecular weight is 340 g/mol. The molecule has 0 heterocycles. The highest BCUT2D eigenvalue weighted by Gasteiger charge is 2.05. The van der Waals surface area contributed by atoms with Gasteiger partial charge >= 0.3 is 0 Å². The number of nitrogens with one attached hydrogen (secondary N) is 1. The Morgan fingerprint density at radius 2 is 2.22 bits per heavy atom. The van der Waals surface area contributed by atoms with Gasteiger partial charge in [-0.15, -0.1) is 12.4 Å². The van der Waals surface area contributed by atoms with Gasteiger partial charge in [0.25, 0.3) is 5.91 Å². The van der Waals surface area contributed by atoms with Crippen LogP contribution in [-0.2, 0) is 11.3 Å². The minimum atomic E-state index is -0.512. The van der Waals surface area contributed by atoms with Crippen molar-refractivity contribution in [3.63, 3.8) is 0 Å². The molecule has 102 valence electrons. The summed E-state index contributed by atoms with van der Waals surface area (Å²) in [7, 11) is 0. The molecule has 0 saturated heterocycles. The average Bonchev–Trinajstić information content (AvgIpc) is 2.28. The number of benzene rings is 1. The van der Waals surface area contributed by atoms with Crippen molar-refractivity contribution in [2.45, 2.75) is 6.54 Å². The molecule has 0 aromatic heterocycles. The molecule has 0 atom stereocenters. The van der Waals surface area contributed by atoms with E-state index in [1.54, 1.807) is 6.07 Å². The molecule has 0 spiro atoms. The molecule has 0 fully saturated rings. The second kappa shape index (κ2) is 9.16. The summed E-state index contributed by atoms with van der Waals surface area (Å²) in [6.45, 7) is 0.982. The van der Waals surface area contributed by atoms with Crippen molar-refractivity contribution in [1.29, 1.82) is 0 Å². The van der Waals surface area contributed by atoms with Crippen LogP contribution in [0.25, 0.3) is 0 Å². The normalized spacial score (nSPS) is 9.67. The van der Waals surface area contributed by atoms with E-state index in [0.29, 0.717) is 18.8 Å². The number of nitrogens with two attached hydrogens (primary N) is 1. The number of halogens is 2. The zero-order chi connectivity index (χ0) is 12.7. The lowest BCUT2D eigenvalue weighted by molar-refractivity contribution is -0.119. The lowest BCUT2D eigenvalue weighted by Crippen LogP contribution is -2.22. The van der Waals surface area contributed by atoms with E-state index in [-0.39, 0.29) is 25.6 Å². The van der Waals surface area contributed by atoms with Crippen molar-refractivity contribution in [1.82, 2.24) is 5.32 Å². The summed E-state index contributed by atoms with van der Waals surface area (Å²) < 4.78 is 6.21. The highest BCUT2D eigenvalue weighted by molar-refractivity contribution is 9.10. The fourth-order valence-corrected chi connectivity index (χ4v) is 1.69. The molecule has 0 radical (unpaired) electrons. The van der Waals surface area contributed by atoms with Crippen molar-refractivity contribution >= 4 is 34.2 Å². The minimum absolute atomic E-state index is 0. The predicted molar refractivity (Wildman–Crippen MR) is 74.9 cm³/mol. The summed E-state index contributed by atoms with van der Waals surface area (Å²) >= 11 is 3.36. The number of rotatable bonds is 7. The molecule has 1 amide bonds. The van der Waals surface area contributed by atoms with Crippen LogP contribution in [0.3, 0.4) is 0 Å². The summed E-state index contributed by atoms with van der Waals surface area (Å²) in [6.07, 6.45) is 0. The Morgan fingerprint density at radius 3 is 2.83 bits per heavy atom. The molecule has 1 rings (SSSR count). The molecule has 0 aliphatic rings. The van der Waals surface area contributed by atoms with Crippen LogP contribution in [0.2, 0.25) is 0 Å². The molecule has 0 unspecified atom stereocenters. The van der Waals surface area contributed by atoms with Crippen LogP contribution in [0.1, 0.15) is 5.56 Å². The summed E-state index contributed by atoms with van der Waals surface area (Å²) in [6, 6.07) is 5.48. The number of aliphatic hydroxyl groups is 1. The van der Waals surface area contributed by atoms with Crippen molar-refractivity contribution in [2.75, 3.05) is 19.8 Å². The maximum absolute atomic E-state index is 10.7. The lowest BCUT2D eigenvalue weighted by atomic mass is 10.2. The van der Waals surface area contributed by atoms with E-state index >= 15 is 0 Å². The van der Waals surface area contributed by atoms with Gasteiger partial charge in [-0.2, -0.15) is 0 Å². The molecule has 18 heavy (non-hydrogen) atoms. The molecule has 1 aromatic rings.